The molecule has 0 saturated carbocycles. The second-order valence-electron chi connectivity index (χ2n) is 8.82. The van der Waals surface area contributed by atoms with Gasteiger partial charge in [-0.2, -0.15) is 0 Å². The summed E-state index contributed by atoms with van der Waals surface area (Å²) in [6.45, 7) is 8.56. The lowest BCUT2D eigenvalue weighted by molar-refractivity contribution is -0.966. The molecule has 0 amide bonds. The van der Waals surface area contributed by atoms with Crippen LogP contribution >= 0.6 is 0 Å². The second kappa shape index (κ2) is 8.51. The van der Waals surface area contributed by atoms with Crippen molar-refractivity contribution in [3.05, 3.63) is 30.3 Å². The highest BCUT2D eigenvalue weighted by atomic mass is 32.2. The van der Waals surface area contributed by atoms with E-state index in [1.807, 2.05) is 20.8 Å². The molecule has 1 N–H and O–H groups in total. The van der Waals surface area contributed by atoms with E-state index in [2.05, 4.69) is 25.7 Å². The number of piperidine rings is 1. The Morgan fingerprint density at radius 3 is 2.43 bits per heavy atom. The molecule has 1 aliphatic heterocycles. The minimum Gasteiger partial charge on any atom is -0.465 e. The highest BCUT2D eigenvalue weighted by molar-refractivity contribution is 7.89. The average molecular weight is 412 g/mol. The highest BCUT2D eigenvalue weighted by Gasteiger charge is 2.57. The number of hydrogen-bond donors (Lipinski definition) is 1. The van der Waals surface area contributed by atoms with Crippen molar-refractivity contribution >= 4 is 16.0 Å². The summed E-state index contributed by atoms with van der Waals surface area (Å²) in [6, 6.07) is 7.91. The molecule has 6 nitrogen and oxygen atoms in total. The molecule has 1 aliphatic rings. The molecule has 1 heterocycles. The molecule has 3 unspecified atom stereocenters. The van der Waals surface area contributed by atoms with Gasteiger partial charge in [0, 0.05) is 6.42 Å². The molecule has 7 heteroatoms. The number of quaternary nitrogens is 1. The van der Waals surface area contributed by atoms with Crippen LogP contribution in [0.4, 0.5) is 0 Å². The van der Waals surface area contributed by atoms with Crippen LogP contribution in [0.5, 0.6) is 0 Å². The minimum atomic E-state index is -3.76. The van der Waals surface area contributed by atoms with E-state index in [0.29, 0.717) is 17.5 Å². The molecular formula is C21H35N2O4S+. The fraction of sp³-hybridized carbons (Fsp3) is 0.667. The molecule has 0 spiro atoms. The van der Waals surface area contributed by atoms with Gasteiger partial charge in [-0.3, -0.25) is 4.79 Å². The van der Waals surface area contributed by atoms with Crippen molar-refractivity contribution in [3.63, 3.8) is 0 Å². The maximum absolute atomic E-state index is 13.0. The molecule has 1 fully saturated rings. The van der Waals surface area contributed by atoms with E-state index in [4.69, 9.17) is 4.74 Å². The van der Waals surface area contributed by atoms with E-state index in [1.165, 1.54) is 0 Å². The zero-order valence-corrected chi connectivity index (χ0v) is 18.8. The molecule has 0 aromatic heterocycles. The number of ether oxygens (including phenoxy) is 1. The zero-order valence-electron chi connectivity index (χ0n) is 17.9. The van der Waals surface area contributed by atoms with Crippen LogP contribution in [0.3, 0.4) is 0 Å². The molecule has 0 bridgehead atoms. The second-order valence-corrected chi connectivity index (χ2v) is 10.5. The van der Waals surface area contributed by atoms with Gasteiger partial charge >= 0.3 is 5.97 Å². The van der Waals surface area contributed by atoms with Gasteiger partial charge in [0.25, 0.3) is 0 Å². The minimum absolute atomic E-state index is 0.191. The van der Waals surface area contributed by atoms with Crippen LogP contribution in [-0.2, 0) is 19.6 Å². The number of hydrogen-bond acceptors (Lipinski definition) is 4. The number of unbranched alkanes of at least 4 members (excludes halogenated alkanes) is 1. The lowest BCUT2D eigenvalue weighted by atomic mass is 9.73. The number of benzene rings is 1. The van der Waals surface area contributed by atoms with Crippen molar-refractivity contribution in [2.75, 3.05) is 20.7 Å². The predicted molar refractivity (Wildman–Crippen MR) is 110 cm³/mol. The van der Waals surface area contributed by atoms with Crippen LogP contribution in [-0.4, -0.2) is 57.2 Å². The zero-order chi connectivity index (χ0) is 21.2. The third kappa shape index (κ3) is 4.42. The summed E-state index contributed by atoms with van der Waals surface area (Å²) in [4.78, 5) is 13.1. The van der Waals surface area contributed by atoms with Crippen LogP contribution in [0.2, 0.25) is 0 Å². The highest BCUT2D eigenvalue weighted by Crippen LogP contribution is 2.40. The van der Waals surface area contributed by atoms with Crippen molar-refractivity contribution in [2.24, 2.45) is 5.92 Å². The summed E-state index contributed by atoms with van der Waals surface area (Å²) >= 11 is 0. The Morgan fingerprint density at radius 1 is 1.25 bits per heavy atom. The lowest BCUT2D eigenvalue weighted by Gasteiger charge is -2.57. The largest absolute Gasteiger partial charge is 0.465 e. The van der Waals surface area contributed by atoms with Crippen LogP contribution in [0.15, 0.2) is 35.2 Å². The van der Waals surface area contributed by atoms with Crippen LogP contribution < -0.4 is 4.72 Å². The molecule has 1 saturated heterocycles. The average Bonchev–Trinajstić information content (AvgIpc) is 2.63. The summed E-state index contributed by atoms with van der Waals surface area (Å²) < 4.78 is 35.0. The topological polar surface area (TPSA) is 72.5 Å². The van der Waals surface area contributed by atoms with Gasteiger partial charge in [-0.05, 0) is 39.3 Å². The number of rotatable bonds is 7. The normalized spacial score (nSPS) is 26.6. The van der Waals surface area contributed by atoms with Gasteiger partial charge in [0.1, 0.15) is 5.54 Å². The molecular weight excluding hydrogens is 376 g/mol. The maximum Gasteiger partial charge on any atom is 0.311 e. The Morgan fingerprint density at radius 2 is 1.86 bits per heavy atom. The summed E-state index contributed by atoms with van der Waals surface area (Å²) in [5, 5.41) is 0. The monoisotopic (exact) mass is 411 g/mol. The molecule has 28 heavy (non-hydrogen) atoms. The van der Waals surface area contributed by atoms with Gasteiger partial charge in [-0.1, -0.05) is 31.5 Å². The molecule has 0 radical (unpaired) electrons. The molecule has 3 atom stereocenters. The van der Waals surface area contributed by atoms with Gasteiger partial charge < -0.3 is 9.22 Å². The number of nitrogens with zero attached hydrogens (tertiary/aromatic N) is 1. The van der Waals surface area contributed by atoms with Crippen LogP contribution in [0.1, 0.15) is 47.0 Å². The van der Waals surface area contributed by atoms with E-state index in [0.717, 1.165) is 12.8 Å². The Hall–Kier alpha value is -1.44. The molecule has 1 aromatic carbocycles. The number of sulfonamides is 1. The summed E-state index contributed by atoms with van der Waals surface area (Å²) in [5.74, 6) is -0.833. The fourth-order valence-corrected chi connectivity index (χ4v) is 5.34. The summed E-state index contributed by atoms with van der Waals surface area (Å²) in [7, 11) is 0.423. The van der Waals surface area contributed by atoms with Crippen molar-refractivity contribution in [3.8, 4) is 0 Å². The number of nitrogens with one attached hydrogen (secondary N) is 1. The first-order valence-corrected chi connectivity index (χ1v) is 11.5. The Labute approximate surface area is 169 Å². The van der Waals surface area contributed by atoms with E-state index in [-0.39, 0.29) is 16.9 Å². The van der Waals surface area contributed by atoms with E-state index in [9.17, 15) is 13.2 Å². The first-order chi connectivity index (χ1) is 12.9. The fourth-order valence-electron chi connectivity index (χ4n) is 3.90. The Balaban J connectivity index is 2.39. The van der Waals surface area contributed by atoms with Crippen molar-refractivity contribution in [1.29, 1.82) is 0 Å². The van der Waals surface area contributed by atoms with Gasteiger partial charge in [0.2, 0.25) is 10.0 Å². The van der Waals surface area contributed by atoms with Gasteiger partial charge in [0.15, 0.2) is 0 Å². The molecule has 2 rings (SSSR count). The number of likely N-dealkylation sites (tertiary alicyclic amines) is 1. The van der Waals surface area contributed by atoms with Crippen molar-refractivity contribution in [2.45, 2.75) is 69.5 Å². The van der Waals surface area contributed by atoms with Gasteiger partial charge in [-0.15, -0.1) is 0 Å². The third-order valence-corrected chi connectivity index (χ3v) is 8.18. The first kappa shape index (κ1) is 22.8. The quantitative estimate of drug-likeness (QED) is 0.425. The first-order valence-electron chi connectivity index (χ1n) is 10.0. The predicted octanol–water partition coefficient (Wildman–Crippen LogP) is 2.94. The molecule has 158 valence electrons. The maximum atomic E-state index is 13.0. The standard InChI is InChI=1S/C21H35N2O4S/c1-7-8-14-27-20(24)18-15-16(2)23(5,6)21(3,4)19(18)22-28(25,26)17-12-10-9-11-13-17/h9-13,16,18-19,22H,7-8,14-15H2,1-6H3/q+1. The van der Waals surface area contributed by atoms with Gasteiger partial charge in [0.05, 0.1) is 43.6 Å². The summed E-state index contributed by atoms with van der Waals surface area (Å²) in [5.41, 5.74) is -0.506. The molecule has 1 aromatic rings. The van der Waals surface area contributed by atoms with E-state index >= 15 is 0 Å². The number of likely N-dealkylation sites (N-methyl/N-ethyl adjacent to an activating group) is 1. The van der Waals surface area contributed by atoms with Crippen molar-refractivity contribution in [1.82, 2.24) is 4.72 Å². The van der Waals surface area contributed by atoms with E-state index < -0.39 is 27.5 Å². The van der Waals surface area contributed by atoms with Crippen LogP contribution in [0, 0.1) is 5.92 Å². The third-order valence-electron chi connectivity index (χ3n) is 6.73. The number of carbonyl (C=O) groups excluding carboxylic acids is 1. The lowest BCUT2D eigenvalue weighted by Crippen LogP contribution is -2.75. The SMILES string of the molecule is CCCCOC(=O)C1CC(C)[N+](C)(C)C(C)(C)C1NS(=O)(=O)c1ccccc1. The van der Waals surface area contributed by atoms with Crippen molar-refractivity contribution < 1.29 is 22.4 Å². The van der Waals surface area contributed by atoms with Gasteiger partial charge in [-0.25, -0.2) is 13.1 Å². The van der Waals surface area contributed by atoms with E-state index in [1.54, 1.807) is 30.3 Å². The van der Waals surface area contributed by atoms with Crippen LogP contribution in [0.25, 0.3) is 0 Å². The number of carbonyl (C=O) groups is 1. The Kier molecular flexibility index (Phi) is 6.94. The summed E-state index contributed by atoms with van der Waals surface area (Å²) in [6.07, 6.45) is 2.32. The smallest absolute Gasteiger partial charge is 0.311 e. The Bertz CT molecular complexity index is 775. The molecule has 0 aliphatic carbocycles. The number of esters is 1.